The Balaban J connectivity index is 2.00. The first-order valence-electron chi connectivity index (χ1n) is 9.64. The molecule has 0 unspecified atom stereocenters. The number of ketones is 1. The molecule has 0 spiro atoms. The summed E-state index contributed by atoms with van der Waals surface area (Å²) in [7, 11) is -3.97. The monoisotopic (exact) mass is 440 g/mol. The molecule has 2 amide bonds. The van der Waals surface area contributed by atoms with Crippen LogP contribution in [0, 0.1) is 11.3 Å². The molecule has 10 nitrogen and oxygen atoms in total. The molecule has 0 bridgehead atoms. The van der Waals surface area contributed by atoms with E-state index in [9.17, 15) is 22.8 Å². The number of Topliss-reactive ketones (excluding diaryl/α,β-unsaturated/α-hetero) is 1. The van der Waals surface area contributed by atoms with Crippen molar-refractivity contribution < 1.29 is 27.6 Å². The second-order valence-electron chi connectivity index (χ2n) is 7.98. The van der Waals surface area contributed by atoms with Crippen molar-refractivity contribution in [2.24, 2.45) is 17.1 Å². The third-order valence-corrected chi connectivity index (χ3v) is 7.14. The van der Waals surface area contributed by atoms with Crippen LogP contribution < -0.4 is 11.2 Å². The van der Waals surface area contributed by atoms with Crippen molar-refractivity contribution in [3.05, 3.63) is 24.4 Å². The number of rotatable bonds is 8. The van der Waals surface area contributed by atoms with Crippen LogP contribution in [-0.4, -0.2) is 54.5 Å². The predicted molar refractivity (Wildman–Crippen MR) is 107 cm³/mol. The van der Waals surface area contributed by atoms with E-state index in [2.05, 4.69) is 10.5 Å². The third kappa shape index (κ3) is 5.61. The molecule has 166 valence electrons. The highest BCUT2D eigenvalue weighted by atomic mass is 32.2. The Morgan fingerprint density at radius 2 is 2.03 bits per heavy atom. The van der Waals surface area contributed by atoms with Gasteiger partial charge in [-0.3, -0.25) is 19.2 Å². The number of hydroxylamine groups is 1. The summed E-state index contributed by atoms with van der Waals surface area (Å²) in [5.74, 6) is -2.67. The van der Waals surface area contributed by atoms with Gasteiger partial charge in [0.15, 0.2) is 10.8 Å². The zero-order valence-electron chi connectivity index (χ0n) is 17.3. The van der Waals surface area contributed by atoms with Gasteiger partial charge >= 0.3 is 0 Å². The summed E-state index contributed by atoms with van der Waals surface area (Å²) in [5.41, 5.74) is 6.72. The summed E-state index contributed by atoms with van der Waals surface area (Å²) in [6.45, 7) is 4.63. The zero-order chi connectivity index (χ0) is 22.5. The van der Waals surface area contributed by atoms with E-state index in [0.717, 1.165) is 4.31 Å². The molecule has 1 aliphatic heterocycles. The van der Waals surface area contributed by atoms with Crippen LogP contribution in [0.25, 0.3) is 0 Å². The molecule has 2 rings (SSSR count). The number of nitrogens with zero attached hydrogens (tertiary/aromatic N) is 2. The van der Waals surface area contributed by atoms with Crippen molar-refractivity contribution in [1.82, 2.24) is 14.8 Å². The van der Waals surface area contributed by atoms with Crippen LogP contribution in [0.3, 0.4) is 0 Å². The summed E-state index contributed by atoms with van der Waals surface area (Å²) in [6.07, 6.45) is 2.17. The summed E-state index contributed by atoms with van der Waals surface area (Å²) in [5, 5.41) is -0.145. The van der Waals surface area contributed by atoms with Gasteiger partial charge in [-0.05, 0) is 38.3 Å². The highest BCUT2D eigenvalue weighted by Crippen LogP contribution is 2.25. The lowest BCUT2D eigenvalue weighted by atomic mass is 9.89. The van der Waals surface area contributed by atoms with Gasteiger partial charge in [0.2, 0.25) is 5.91 Å². The maximum Gasteiger partial charge on any atom is 0.261 e. The van der Waals surface area contributed by atoms with Crippen molar-refractivity contribution in [3.63, 3.8) is 0 Å². The van der Waals surface area contributed by atoms with Crippen LogP contribution in [0.2, 0.25) is 0 Å². The normalized spacial score (nSPS) is 21.1. The number of pyridine rings is 1. The molecular formula is C19H28N4O6S. The molecule has 3 N–H and O–H groups in total. The summed E-state index contributed by atoms with van der Waals surface area (Å²) in [4.78, 5) is 45.4. The molecule has 11 heteroatoms. The van der Waals surface area contributed by atoms with Gasteiger partial charge in [-0.2, -0.15) is 4.31 Å². The van der Waals surface area contributed by atoms with Crippen molar-refractivity contribution in [1.29, 1.82) is 0 Å². The number of hydrogen-bond donors (Lipinski definition) is 2. The minimum atomic E-state index is -3.97. The van der Waals surface area contributed by atoms with Gasteiger partial charge in [0.05, 0.1) is 13.2 Å². The lowest BCUT2D eigenvalue weighted by Crippen LogP contribution is -2.43. The number of primary amides is 1. The fourth-order valence-corrected chi connectivity index (χ4v) is 4.54. The minimum Gasteiger partial charge on any atom is -0.369 e. The number of carbonyl (C=O) groups is 3. The maximum atomic E-state index is 12.9. The second kappa shape index (κ2) is 9.63. The van der Waals surface area contributed by atoms with Gasteiger partial charge in [0.1, 0.15) is 5.92 Å². The van der Waals surface area contributed by atoms with E-state index in [0.29, 0.717) is 6.42 Å². The number of nitrogens with one attached hydrogen (secondary N) is 1. The van der Waals surface area contributed by atoms with E-state index < -0.39 is 51.5 Å². The van der Waals surface area contributed by atoms with Crippen LogP contribution in [0.5, 0.6) is 0 Å². The Hall–Kier alpha value is -2.37. The maximum absolute atomic E-state index is 12.9. The van der Waals surface area contributed by atoms with Crippen molar-refractivity contribution in [2.45, 2.75) is 51.1 Å². The van der Waals surface area contributed by atoms with Crippen LogP contribution >= 0.6 is 0 Å². The van der Waals surface area contributed by atoms with Crippen LogP contribution in [0.1, 0.15) is 40.0 Å². The topological polar surface area (TPSA) is 149 Å². The van der Waals surface area contributed by atoms with Crippen LogP contribution in [0.15, 0.2) is 29.4 Å². The van der Waals surface area contributed by atoms with Gasteiger partial charge in [-0.15, -0.1) is 0 Å². The summed E-state index contributed by atoms with van der Waals surface area (Å²) in [6, 6.07) is 4.04. The Morgan fingerprint density at radius 1 is 1.33 bits per heavy atom. The Labute approximate surface area is 176 Å². The van der Waals surface area contributed by atoms with Crippen LogP contribution in [0.4, 0.5) is 0 Å². The lowest BCUT2D eigenvalue weighted by molar-refractivity contribution is -0.143. The van der Waals surface area contributed by atoms with Crippen molar-refractivity contribution in [3.8, 4) is 0 Å². The molecule has 1 aromatic rings. The summed E-state index contributed by atoms with van der Waals surface area (Å²) < 4.78 is 26.8. The Kier molecular flexibility index (Phi) is 7.67. The molecule has 0 saturated carbocycles. The van der Waals surface area contributed by atoms with Crippen molar-refractivity contribution in [2.75, 3.05) is 13.2 Å². The largest absolute Gasteiger partial charge is 0.369 e. The number of amides is 2. The Bertz CT molecular complexity index is 888. The standard InChI is InChI=1S/C19H28N4O6S/c1-13-7-8-14(17(25)22-29-11-9-19(2,3)18(20)26)15(24)12-23(13)30(27,28)16-6-4-5-10-21-16/h4-6,10,13-14H,7-9,11-12H2,1-3H3,(H2,20,26)(H,22,25)/t13-,14+/m1/s1. The fourth-order valence-electron chi connectivity index (χ4n) is 2.97. The minimum absolute atomic E-state index is 0.0408. The highest BCUT2D eigenvalue weighted by molar-refractivity contribution is 7.89. The molecule has 2 heterocycles. The number of nitrogens with two attached hydrogens (primary N) is 1. The number of carbonyl (C=O) groups excluding carboxylic acids is 3. The van der Waals surface area contributed by atoms with E-state index in [1.165, 1.54) is 12.3 Å². The van der Waals surface area contributed by atoms with E-state index in [-0.39, 0.29) is 24.5 Å². The fraction of sp³-hybridized carbons (Fsp3) is 0.579. The molecular weight excluding hydrogens is 412 g/mol. The molecule has 1 saturated heterocycles. The molecule has 1 aromatic heterocycles. The van der Waals surface area contributed by atoms with E-state index in [1.54, 1.807) is 32.9 Å². The highest BCUT2D eigenvalue weighted by Gasteiger charge is 2.39. The van der Waals surface area contributed by atoms with E-state index >= 15 is 0 Å². The zero-order valence-corrected chi connectivity index (χ0v) is 18.1. The van der Waals surface area contributed by atoms with Gasteiger partial charge in [-0.25, -0.2) is 18.9 Å². The number of aromatic nitrogens is 1. The van der Waals surface area contributed by atoms with Crippen molar-refractivity contribution >= 4 is 27.6 Å². The average molecular weight is 441 g/mol. The SMILES string of the molecule is C[C@@H]1CC[C@H](C(=O)NOCCC(C)(C)C(N)=O)C(=O)CN1S(=O)(=O)c1ccccn1. The van der Waals surface area contributed by atoms with E-state index in [1.807, 2.05) is 0 Å². The first kappa shape index (κ1) is 23.9. The molecule has 0 aliphatic carbocycles. The van der Waals surface area contributed by atoms with Crippen LogP contribution in [-0.2, 0) is 29.2 Å². The quantitative estimate of drug-likeness (QED) is 0.337. The Morgan fingerprint density at radius 3 is 2.63 bits per heavy atom. The molecule has 0 aromatic carbocycles. The number of sulfonamides is 1. The molecule has 30 heavy (non-hydrogen) atoms. The first-order chi connectivity index (χ1) is 14.0. The smallest absolute Gasteiger partial charge is 0.261 e. The third-order valence-electron chi connectivity index (χ3n) is 5.26. The van der Waals surface area contributed by atoms with E-state index in [4.69, 9.17) is 10.6 Å². The second-order valence-corrected chi connectivity index (χ2v) is 9.81. The average Bonchev–Trinajstić information content (AvgIpc) is 2.84. The lowest BCUT2D eigenvalue weighted by Gasteiger charge is -2.24. The molecule has 0 radical (unpaired) electrons. The number of hydrogen-bond acceptors (Lipinski definition) is 7. The van der Waals surface area contributed by atoms with Gasteiger partial charge in [0, 0.05) is 17.7 Å². The molecule has 1 fully saturated rings. The summed E-state index contributed by atoms with van der Waals surface area (Å²) >= 11 is 0. The molecule has 2 atom stereocenters. The van der Waals surface area contributed by atoms with Gasteiger partial charge < -0.3 is 5.73 Å². The molecule has 1 aliphatic rings. The first-order valence-corrected chi connectivity index (χ1v) is 11.1. The predicted octanol–water partition coefficient (Wildman–Crippen LogP) is 0.389. The van der Waals surface area contributed by atoms with Gasteiger partial charge in [-0.1, -0.05) is 19.9 Å². The van der Waals surface area contributed by atoms with Gasteiger partial charge in [0.25, 0.3) is 15.9 Å².